The van der Waals surface area contributed by atoms with Gasteiger partial charge in [-0.05, 0) is 12.8 Å². The van der Waals surface area contributed by atoms with E-state index in [1.165, 1.54) is 11.8 Å². The predicted molar refractivity (Wildman–Crippen MR) is 79.1 cm³/mol. The Morgan fingerprint density at radius 3 is 2.82 bits per heavy atom. The lowest BCUT2D eigenvalue weighted by Crippen LogP contribution is -2.20. The van der Waals surface area contributed by atoms with Gasteiger partial charge in [-0.25, -0.2) is 0 Å². The summed E-state index contributed by atoms with van der Waals surface area (Å²) in [5, 5.41) is 13.0. The summed E-state index contributed by atoms with van der Waals surface area (Å²) in [6.45, 7) is 4.09. The second-order valence-electron chi connectivity index (χ2n) is 5.66. The molecule has 8 nitrogen and oxygen atoms in total. The summed E-state index contributed by atoms with van der Waals surface area (Å²) in [4.78, 5) is 15.6. The van der Waals surface area contributed by atoms with Crippen molar-refractivity contribution in [3.05, 3.63) is 17.5 Å². The van der Waals surface area contributed by atoms with Crippen LogP contribution in [0.3, 0.4) is 0 Å². The SMILES string of the molecule is CC(C)c1nc(CSc2nnc(C3CC3)n2CC(N)=O)no1. The van der Waals surface area contributed by atoms with Gasteiger partial charge in [0.25, 0.3) is 0 Å². The smallest absolute Gasteiger partial charge is 0.237 e. The Bertz CT molecular complexity index is 676. The molecule has 2 aromatic rings. The van der Waals surface area contributed by atoms with Crippen LogP contribution in [0.15, 0.2) is 9.68 Å². The number of primary amides is 1. The molecule has 118 valence electrons. The van der Waals surface area contributed by atoms with Crippen LogP contribution in [0.1, 0.15) is 56.1 Å². The van der Waals surface area contributed by atoms with E-state index >= 15 is 0 Å². The molecule has 0 aliphatic heterocycles. The van der Waals surface area contributed by atoms with Crippen LogP contribution >= 0.6 is 11.8 Å². The minimum Gasteiger partial charge on any atom is -0.368 e. The summed E-state index contributed by atoms with van der Waals surface area (Å²) in [6, 6.07) is 0. The number of hydrogen-bond donors (Lipinski definition) is 1. The summed E-state index contributed by atoms with van der Waals surface area (Å²) in [6.07, 6.45) is 2.17. The molecular formula is C13H18N6O2S. The average Bonchev–Trinajstić information content (AvgIpc) is 3.05. The van der Waals surface area contributed by atoms with Crippen LogP contribution in [0.2, 0.25) is 0 Å². The van der Waals surface area contributed by atoms with E-state index in [9.17, 15) is 4.79 Å². The molecule has 0 bridgehead atoms. The van der Waals surface area contributed by atoms with Gasteiger partial charge >= 0.3 is 0 Å². The molecular weight excluding hydrogens is 304 g/mol. The lowest BCUT2D eigenvalue weighted by Gasteiger charge is -2.06. The third-order valence-corrected chi connectivity index (χ3v) is 4.27. The van der Waals surface area contributed by atoms with Crippen LogP contribution in [0.25, 0.3) is 0 Å². The third kappa shape index (κ3) is 3.29. The standard InChI is InChI=1S/C13H18N6O2S/c1-7(2)12-15-10(18-21-12)6-22-13-17-16-11(8-3-4-8)19(13)5-9(14)20/h7-8H,3-6H2,1-2H3,(H2,14,20). The maximum atomic E-state index is 11.3. The lowest BCUT2D eigenvalue weighted by molar-refractivity contribution is -0.118. The summed E-state index contributed by atoms with van der Waals surface area (Å²) in [5.74, 6) is 2.79. The maximum Gasteiger partial charge on any atom is 0.237 e. The number of nitrogens with two attached hydrogens (primary N) is 1. The highest BCUT2D eigenvalue weighted by atomic mass is 32.2. The van der Waals surface area contributed by atoms with E-state index < -0.39 is 5.91 Å². The molecule has 0 spiro atoms. The molecule has 1 saturated carbocycles. The number of aromatic nitrogens is 5. The highest BCUT2D eigenvalue weighted by molar-refractivity contribution is 7.98. The van der Waals surface area contributed by atoms with Gasteiger partial charge in [-0.1, -0.05) is 30.8 Å². The molecule has 1 amide bonds. The van der Waals surface area contributed by atoms with Gasteiger partial charge in [0.2, 0.25) is 11.8 Å². The number of amides is 1. The molecule has 0 radical (unpaired) electrons. The van der Waals surface area contributed by atoms with Crippen molar-refractivity contribution < 1.29 is 9.32 Å². The van der Waals surface area contributed by atoms with Crippen LogP contribution in [-0.2, 0) is 17.1 Å². The summed E-state index contributed by atoms with van der Waals surface area (Å²) >= 11 is 1.43. The summed E-state index contributed by atoms with van der Waals surface area (Å²) in [5.41, 5.74) is 5.32. The molecule has 22 heavy (non-hydrogen) atoms. The average molecular weight is 322 g/mol. The van der Waals surface area contributed by atoms with Gasteiger partial charge in [0.15, 0.2) is 11.0 Å². The quantitative estimate of drug-likeness (QED) is 0.767. The number of rotatable bonds is 7. The van der Waals surface area contributed by atoms with E-state index in [2.05, 4.69) is 20.3 Å². The molecule has 1 aliphatic carbocycles. The maximum absolute atomic E-state index is 11.3. The second kappa shape index (κ2) is 6.07. The van der Waals surface area contributed by atoms with E-state index in [0.29, 0.717) is 28.5 Å². The number of thioether (sulfide) groups is 1. The van der Waals surface area contributed by atoms with Crippen molar-refractivity contribution in [2.75, 3.05) is 0 Å². The van der Waals surface area contributed by atoms with Crippen molar-refractivity contribution in [1.82, 2.24) is 24.9 Å². The molecule has 1 aliphatic rings. The van der Waals surface area contributed by atoms with Gasteiger partial charge in [-0.2, -0.15) is 4.98 Å². The van der Waals surface area contributed by atoms with Crippen molar-refractivity contribution in [2.45, 2.75) is 56.0 Å². The van der Waals surface area contributed by atoms with Crippen LogP contribution in [0.5, 0.6) is 0 Å². The number of carbonyl (C=O) groups is 1. The van der Waals surface area contributed by atoms with Crippen molar-refractivity contribution in [2.24, 2.45) is 5.73 Å². The molecule has 0 saturated heterocycles. The molecule has 2 heterocycles. The minimum atomic E-state index is -0.398. The molecule has 2 N–H and O–H groups in total. The first kappa shape index (κ1) is 15.0. The highest BCUT2D eigenvalue weighted by Crippen LogP contribution is 2.40. The largest absolute Gasteiger partial charge is 0.368 e. The molecule has 3 rings (SSSR count). The Balaban J connectivity index is 1.72. The van der Waals surface area contributed by atoms with Crippen LogP contribution in [0.4, 0.5) is 0 Å². The van der Waals surface area contributed by atoms with E-state index in [-0.39, 0.29) is 12.5 Å². The van der Waals surface area contributed by atoms with Gasteiger partial charge in [-0.15, -0.1) is 10.2 Å². The fourth-order valence-electron chi connectivity index (χ4n) is 2.04. The molecule has 0 aromatic carbocycles. The monoisotopic (exact) mass is 322 g/mol. The Hall–Kier alpha value is -1.90. The zero-order valence-corrected chi connectivity index (χ0v) is 13.3. The normalized spacial score (nSPS) is 14.7. The van der Waals surface area contributed by atoms with Gasteiger partial charge in [0.05, 0.1) is 5.75 Å². The Kier molecular flexibility index (Phi) is 4.14. The first-order valence-electron chi connectivity index (χ1n) is 7.21. The topological polar surface area (TPSA) is 113 Å². The van der Waals surface area contributed by atoms with Crippen LogP contribution in [0, 0.1) is 0 Å². The zero-order valence-electron chi connectivity index (χ0n) is 12.5. The fraction of sp³-hybridized carbons (Fsp3) is 0.615. The van der Waals surface area contributed by atoms with Crippen molar-refractivity contribution in [1.29, 1.82) is 0 Å². The van der Waals surface area contributed by atoms with Crippen molar-refractivity contribution >= 4 is 17.7 Å². The van der Waals surface area contributed by atoms with Gasteiger partial charge in [0, 0.05) is 11.8 Å². The first-order chi connectivity index (χ1) is 10.5. The second-order valence-corrected chi connectivity index (χ2v) is 6.60. The molecule has 2 aromatic heterocycles. The van der Waals surface area contributed by atoms with Gasteiger partial charge in [0.1, 0.15) is 12.4 Å². The highest BCUT2D eigenvalue weighted by Gasteiger charge is 2.30. The number of carbonyl (C=O) groups excluding carboxylic acids is 1. The Morgan fingerprint density at radius 2 is 2.23 bits per heavy atom. The summed E-state index contributed by atoms with van der Waals surface area (Å²) in [7, 11) is 0. The minimum absolute atomic E-state index is 0.102. The van der Waals surface area contributed by atoms with E-state index in [0.717, 1.165) is 18.7 Å². The number of hydrogen-bond acceptors (Lipinski definition) is 7. The Labute approximate surface area is 131 Å². The van der Waals surface area contributed by atoms with Crippen molar-refractivity contribution in [3.8, 4) is 0 Å². The van der Waals surface area contributed by atoms with E-state index in [1.807, 2.05) is 13.8 Å². The van der Waals surface area contributed by atoms with E-state index in [4.69, 9.17) is 10.3 Å². The van der Waals surface area contributed by atoms with E-state index in [1.54, 1.807) is 4.57 Å². The van der Waals surface area contributed by atoms with Crippen LogP contribution in [-0.4, -0.2) is 30.8 Å². The van der Waals surface area contributed by atoms with Crippen molar-refractivity contribution in [3.63, 3.8) is 0 Å². The Morgan fingerprint density at radius 1 is 1.45 bits per heavy atom. The lowest BCUT2D eigenvalue weighted by atomic mass is 10.2. The third-order valence-electron chi connectivity index (χ3n) is 3.31. The molecule has 0 unspecified atom stereocenters. The van der Waals surface area contributed by atoms with Gasteiger partial charge < -0.3 is 10.3 Å². The molecule has 0 atom stereocenters. The fourth-order valence-corrected chi connectivity index (χ4v) is 2.83. The summed E-state index contributed by atoms with van der Waals surface area (Å²) < 4.78 is 6.97. The molecule has 1 fully saturated rings. The van der Waals surface area contributed by atoms with Crippen LogP contribution < -0.4 is 5.73 Å². The molecule has 9 heteroatoms. The predicted octanol–water partition coefficient (Wildman–Crippen LogP) is 1.44. The zero-order chi connectivity index (χ0) is 15.7. The number of nitrogens with zero attached hydrogens (tertiary/aromatic N) is 5. The first-order valence-corrected chi connectivity index (χ1v) is 8.20. The van der Waals surface area contributed by atoms with Gasteiger partial charge in [-0.3, -0.25) is 9.36 Å².